The molecule has 2 unspecified atom stereocenters. The lowest BCUT2D eigenvalue weighted by Gasteiger charge is -2.44. The third-order valence-electron chi connectivity index (χ3n) is 13.1. The highest BCUT2D eigenvalue weighted by molar-refractivity contribution is 6.04. The maximum Gasteiger partial charge on any atom is 0.132 e. The standard InChI is InChI=1S/C53H44N2O/c54-33-43(35-14-4-5-15-35)52-42-21-7-6-20-41(42)50(51(55-52)37-16-2-1-3-17-37)36-28-26-34(27-29-36)38-30-31-49-47(32-38)53(46-24-12-13-25-48(46)56-49)44-22-10-8-18-39(44)40-19-9-11-23-45(40)53/h1-4,6-7,10-16,20-31,33,37-38H,5,8-9,17-19,32,54H2. The van der Waals surface area contributed by atoms with E-state index in [4.69, 9.17) is 15.5 Å². The third kappa shape index (κ3) is 4.93. The molecule has 0 amide bonds. The van der Waals surface area contributed by atoms with E-state index < -0.39 is 0 Å². The molecule has 0 fully saturated rings. The maximum absolute atomic E-state index is 6.79. The highest BCUT2D eigenvalue weighted by Gasteiger charge is 2.54. The molecule has 6 aliphatic carbocycles. The van der Waals surface area contributed by atoms with E-state index in [2.05, 4.69) is 152 Å². The van der Waals surface area contributed by atoms with Crippen molar-refractivity contribution in [1.82, 2.24) is 4.98 Å². The number of nitrogens with two attached hydrogens (primary N) is 1. The fraction of sp³-hybridized carbons (Fsp3) is 0.189. The monoisotopic (exact) mass is 724 g/mol. The lowest BCUT2D eigenvalue weighted by atomic mass is 9.60. The number of rotatable bonds is 5. The van der Waals surface area contributed by atoms with Crippen molar-refractivity contribution in [2.45, 2.75) is 62.2 Å². The summed E-state index contributed by atoms with van der Waals surface area (Å²) in [7, 11) is 0. The average molecular weight is 725 g/mol. The molecular formula is C53H44N2O. The Morgan fingerprint density at radius 2 is 1.52 bits per heavy atom. The van der Waals surface area contributed by atoms with Gasteiger partial charge in [-0.1, -0.05) is 140 Å². The largest absolute Gasteiger partial charge is 0.457 e. The molecule has 3 aromatic carbocycles. The van der Waals surface area contributed by atoms with Gasteiger partial charge >= 0.3 is 0 Å². The number of allylic oxidation sites excluding steroid dienone is 20. The number of pyridine rings is 1. The predicted molar refractivity (Wildman–Crippen MR) is 230 cm³/mol. The minimum Gasteiger partial charge on any atom is -0.457 e. The summed E-state index contributed by atoms with van der Waals surface area (Å²) in [6.07, 6.45) is 38.7. The van der Waals surface area contributed by atoms with Crippen LogP contribution in [0.5, 0.6) is 5.75 Å². The lowest BCUT2D eigenvalue weighted by molar-refractivity contribution is 0.383. The van der Waals surface area contributed by atoms with Gasteiger partial charge in [0.2, 0.25) is 0 Å². The van der Waals surface area contributed by atoms with E-state index in [1.807, 2.05) is 0 Å². The van der Waals surface area contributed by atoms with Gasteiger partial charge in [0.05, 0.1) is 16.8 Å². The van der Waals surface area contributed by atoms with E-state index in [0.29, 0.717) is 0 Å². The van der Waals surface area contributed by atoms with Gasteiger partial charge in [0.15, 0.2) is 0 Å². The van der Waals surface area contributed by atoms with Crippen LogP contribution in [0.3, 0.4) is 0 Å². The van der Waals surface area contributed by atoms with E-state index >= 15 is 0 Å². The molecule has 272 valence electrons. The van der Waals surface area contributed by atoms with Crippen LogP contribution >= 0.6 is 0 Å². The number of hydrogen-bond donors (Lipinski definition) is 1. The molecule has 2 heterocycles. The predicted octanol–water partition coefficient (Wildman–Crippen LogP) is 12.6. The van der Waals surface area contributed by atoms with E-state index in [-0.39, 0.29) is 17.3 Å². The molecule has 4 aromatic rings. The third-order valence-corrected chi connectivity index (χ3v) is 13.1. The number of fused-ring (bicyclic) bond motifs is 7. The summed E-state index contributed by atoms with van der Waals surface area (Å²) in [5.41, 5.74) is 22.7. The molecule has 1 spiro atoms. The van der Waals surface area contributed by atoms with Crippen molar-refractivity contribution >= 4 is 16.3 Å². The molecule has 56 heavy (non-hydrogen) atoms. The van der Waals surface area contributed by atoms with E-state index in [0.717, 1.165) is 84.4 Å². The fourth-order valence-corrected chi connectivity index (χ4v) is 10.6. The van der Waals surface area contributed by atoms with E-state index in [1.54, 1.807) is 17.3 Å². The van der Waals surface area contributed by atoms with Gasteiger partial charge in [-0.3, -0.25) is 4.98 Å². The zero-order valence-corrected chi connectivity index (χ0v) is 31.5. The number of hydrogen-bond acceptors (Lipinski definition) is 3. The van der Waals surface area contributed by atoms with Gasteiger partial charge in [-0.05, 0) is 107 Å². The Kier molecular flexibility index (Phi) is 7.84. The normalized spacial score (nSPS) is 22.8. The van der Waals surface area contributed by atoms with Crippen LogP contribution in [-0.4, -0.2) is 4.98 Å². The van der Waals surface area contributed by atoms with Crippen molar-refractivity contribution in [3.8, 4) is 16.9 Å². The minimum absolute atomic E-state index is 0.162. The van der Waals surface area contributed by atoms with Crippen LogP contribution in [-0.2, 0) is 5.41 Å². The molecule has 2 atom stereocenters. The highest BCUT2D eigenvalue weighted by atomic mass is 16.5. The number of aromatic nitrogens is 1. The summed E-state index contributed by atoms with van der Waals surface area (Å²) in [5, 5.41) is 2.32. The first kappa shape index (κ1) is 33.2. The second-order valence-electron chi connectivity index (χ2n) is 15.9. The van der Waals surface area contributed by atoms with Crippen molar-refractivity contribution in [3.63, 3.8) is 0 Å². The fourth-order valence-electron chi connectivity index (χ4n) is 10.6. The number of nitrogens with zero attached hydrogens (tertiary/aromatic N) is 1. The molecule has 0 saturated heterocycles. The summed E-state index contributed by atoms with van der Waals surface area (Å²) < 4.78 is 6.79. The Bertz CT molecular complexity index is 2660. The van der Waals surface area contributed by atoms with Crippen molar-refractivity contribution in [2.75, 3.05) is 0 Å². The molecule has 11 rings (SSSR count). The number of ether oxygens (including phenoxy) is 1. The topological polar surface area (TPSA) is 48.1 Å². The molecule has 3 nitrogen and oxygen atoms in total. The molecule has 0 saturated carbocycles. The van der Waals surface area contributed by atoms with Gasteiger partial charge in [0.1, 0.15) is 11.5 Å². The molecule has 0 radical (unpaired) electrons. The Morgan fingerprint density at radius 1 is 0.750 bits per heavy atom. The summed E-state index contributed by atoms with van der Waals surface area (Å²) in [6, 6.07) is 26.9. The van der Waals surface area contributed by atoms with Crippen LogP contribution in [0.2, 0.25) is 0 Å². The van der Waals surface area contributed by atoms with Crippen LogP contribution in [0, 0.1) is 0 Å². The summed E-state index contributed by atoms with van der Waals surface area (Å²) in [6.45, 7) is 0. The molecule has 1 aromatic heterocycles. The Labute approximate surface area is 329 Å². The minimum atomic E-state index is -0.323. The summed E-state index contributed by atoms with van der Waals surface area (Å²) in [5.74, 6) is 2.38. The van der Waals surface area contributed by atoms with Crippen LogP contribution < -0.4 is 10.5 Å². The molecule has 1 aliphatic heterocycles. The van der Waals surface area contributed by atoms with Crippen molar-refractivity contribution in [1.29, 1.82) is 0 Å². The van der Waals surface area contributed by atoms with Gasteiger partial charge in [-0.25, -0.2) is 0 Å². The number of para-hydroxylation sites is 1. The zero-order valence-electron chi connectivity index (χ0n) is 31.5. The van der Waals surface area contributed by atoms with Crippen LogP contribution in [0.15, 0.2) is 197 Å². The number of benzene rings is 3. The van der Waals surface area contributed by atoms with Crippen LogP contribution in [0.4, 0.5) is 0 Å². The van der Waals surface area contributed by atoms with Crippen molar-refractivity contribution in [2.24, 2.45) is 5.73 Å². The van der Waals surface area contributed by atoms with E-state index in [1.165, 1.54) is 44.4 Å². The van der Waals surface area contributed by atoms with Gasteiger partial charge in [-0.15, -0.1) is 0 Å². The Hall–Kier alpha value is -6.19. The first-order valence-electron chi connectivity index (χ1n) is 20.4. The van der Waals surface area contributed by atoms with Crippen LogP contribution in [0.1, 0.15) is 79.3 Å². The first-order chi connectivity index (χ1) is 27.7. The quantitative estimate of drug-likeness (QED) is 0.223. The zero-order chi connectivity index (χ0) is 37.2. The van der Waals surface area contributed by atoms with E-state index in [9.17, 15) is 0 Å². The first-order valence-corrected chi connectivity index (χ1v) is 20.4. The molecule has 3 heteroatoms. The highest BCUT2D eigenvalue weighted by Crippen LogP contribution is 2.64. The smallest absolute Gasteiger partial charge is 0.132 e. The van der Waals surface area contributed by atoms with Crippen molar-refractivity contribution in [3.05, 3.63) is 220 Å². The molecular weight excluding hydrogens is 681 g/mol. The Morgan fingerprint density at radius 3 is 2.25 bits per heavy atom. The van der Waals surface area contributed by atoms with Gasteiger partial charge in [0, 0.05) is 40.1 Å². The second-order valence-corrected chi connectivity index (χ2v) is 15.9. The molecule has 0 bridgehead atoms. The maximum atomic E-state index is 6.79. The molecule has 2 N–H and O–H groups in total. The summed E-state index contributed by atoms with van der Waals surface area (Å²) in [4.78, 5) is 5.54. The molecule has 7 aliphatic rings. The van der Waals surface area contributed by atoms with Gasteiger partial charge in [0.25, 0.3) is 0 Å². The van der Waals surface area contributed by atoms with Crippen molar-refractivity contribution < 1.29 is 4.74 Å². The summed E-state index contributed by atoms with van der Waals surface area (Å²) >= 11 is 0. The SMILES string of the molecule is NC=C(C1=CCC=C1)c1nc(C2C=CC=CC2)c(-c2ccc(C3C=CC4=C(C3)C3(C5=C(CCC=C5)C5=C3C=CCC5)c3ccccc3O4)cc2)c2ccccc12. The van der Waals surface area contributed by atoms with Crippen LogP contribution in [0.25, 0.3) is 27.5 Å². The lowest BCUT2D eigenvalue weighted by Crippen LogP contribution is -2.37. The van der Waals surface area contributed by atoms with Gasteiger partial charge in [-0.2, -0.15) is 0 Å². The second kappa shape index (κ2) is 13.2. The Balaban J connectivity index is 1.01. The average Bonchev–Trinajstić information content (AvgIpc) is 3.90. The van der Waals surface area contributed by atoms with Gasteiger partial charge < -0.3 is 10.5 Å².